The summed E-state index contributed by atoms with van der Waals surface area (Å²) >= 11 is 0. The molecule has 0 saturated heterocycles. The SMILES string of the molecule is CN(CC(C)(C)O)C(=O)Nc1ccc(CC#N)cc1. The van der Waals surface area contributed by atoms with Crippen molar-refractivity contribution in [3.63, 3.8) is 0 Å². The first-order chi connectivity index (χ1) is 8.81. The fraction of sp³-hybridized carbons (Fsp3) is 0.429. The predicted molar refractivity (Wildman–Crippen MR) is 73.7 cm³/mol. The molecule has 1 aromatic rings. The molecule has 0 heterocycles. The fourth-order valence-electron chi connectivity index (χ4n) is 1.67. The van der Waals surface area contributed by atoms with Gasteiger partial charge in [0.05, 0.1) is 24.6 Å². The van der Waals surface area contributed by atoms with E-state index in [9.17, 15) is 9.90 Å². The van der Waals surface area contributed by atoms with Crippen molar-refractivity contribution < 1.29 is 9.90 Å². The van der Waals surface area contributed by atoms with Crippen molar-refractivity contribution >= 4 is 11.7 Å². The van der Waals surface area contributed by atoms with Crippen LogP contribution in [0, 0.1) is 11.3 Å². The summed E-state index contributed by atoms with van der Waals surface area (Å²) in [5.74, 6) is 0. The van der Waals surface area contributed by atoms with Gasteiger partial charge in [-0.2, -0.15) is 5.26 Å². The number of amides is 2. The number of nitrogens with zero attached hydrogens (tertiary/aromatic N) is 2. The average molecular weight is 261 g/mol. The molecule has 2 N–H and O–H groups in total. The van der Waals surface area contributed by atoms with E-state index >= 15 is 0 Å². The number of benzene rings is 1. The molecule has 0 saturated carbocycles. The number of urea groups is 1. The topological polar surface area (TPSA) is 76.4 Å². The standard InChI is InChI=1S/C14H19N3O2/c1-14(2,19)10-17(3)13(18)16-12-6-4-11(5-7-12)8-9-15/h4-7,19H,8,10H2,1-3H3,(H,16,18). The van der Waals surface area contributed by atoms with Crippen molar-refractivity contribution in [2.75, 3.05) is 18.9 Å². The van der Waals surface area contributed by atoms with E-state index < -0.39 is 5.60 Å². The number of carbonyl (C=O) groups excluding carboxylic acids is 1. The molecule has 0 atom stereocenters. The Kier molecular flexibility index (Phi) is 4.90. The zero-order chi connectivity index (χ0) is 14.5. The van der Waals surface area contributed by atoms with Gasteiger partial charge in [0.2, 0.25) is 0 Å². The minimum absolute atomic E-state index is 0.241. The lowest BCUT2D eigenvalue weighted by atomic mass is 10.1. The first-order valence-electron chi connectivity index (χ1n) is 6.02. The van der Waals surface area contributed by atoms with Crippen molar-refractivity contribution in [2.24, 2.45) is 0 Å². The number of likely N-dealkylation sites (N-methyl/N-ethyl adjacent to an activating group) is 1. The van der Waals surface area contributed by atoms with Crippen LogP contribution in [0.25, 0.3) is 0 Å². The lowest BCUT2D eigenvalue weighted by Crippen LogP contribution is -2.41. The van der Waals surface area contributed by atoms with Crippen LogP contribution in [0.1, 0.15) is 19.4 Å². The van der Waals surface area contributed by atoms with Crippen LogP contribution in [-0.2, 0) is 6.42 Å². The minimum Gasteiger partial charge on any atom is -0.389 e. The summed E-state index contributed by atoms with van der Waals surface area (Å²) in [5.41, 5.74) is 0.641. The van der Waals surface area contributed by atoms with Gasteiger partial charge in [-0.25, -0.2) is 4.79 Å². The summed E-state index contributed by atoms with van der Waals surface area (Å²) in [6.07, 6.45) is 0.354. The molecular formula is C14H19N3O2. The summed E-state index contributed by atoms with van der Waals surface area (Å²) in [4.78, 5) is 13.3. The van der Waals surface area contributed by atoms with Crippen molar-refractivity contribution in [1.82, 2.24) is 4.90 Å². The van der Waals surface area contributed by atoms with Gasteiger partial charge in [0.25, 0.3) is 0 Å². The molecule has 0 bridgehead atoms. The van der Waals surface area contributed by atoms with Crippen LogP contribution in [0.2, 0.25) is 0 Å². The first-order valence-corrected chi connectivity index (χ1v) is 6.02. The number of carbonyl (C=O) groups is 1. The molecule has 2 amide bonds. The maximum Gasteiger partial charge on any atom is 0.321 e. The molecule has 5 heteroatoms. The lowest BCUT2D eigenvalue weighted by Gasteiger charge is -2.25. The fourth-order valence-corrected chi connectivity index (χ4v) is 1.67. The molecule has 0 unspecified atom stereocenters. The van der Waals surface area contributed by atoms with Crippen LogP contribution in [0.3, 0.4) is 0 Å². The molecule has 19 heavy (non-hydrogen) atoms. The van der Waals surface area contributed by atoms with Crippen molar-refractivity contribution in [2.45, 2.75) is 25.9 Å². The highest BCUT2D eigenvalue weighted by Crippen LogP contribution is 2.11. The molecule has 0 aromatic heterocycles. The van der Waals surface area contributed by atoms with E-state index in [1.807, 2.05) is 0 Å². The molecule has 1 aromatic carbocycles. The summed E-state index contributed by atoms with van der Waals surface area (Å²) in [7, 11) is 1.62. The summed E-state index contributed by atoms with van der Waals surface area (Å²) in [5, 5.41) is 20.9. The van der Waals surface area contributed by atoms with Gasteiger partial charge in [0, 0.05) is 12.7 Å². The molecule has 0 radical (unpaired) electrons. The van der Waals surface area contributed by atoms with E-state index in [4.69, 9.17) is 5.26 Å². The van der Waals surface area contributed by atoms with Gasteiger partial charge in [-0.1, -0.05) is 12.1 Å². The number of nitrogens with one attached hydrogen (secondary N) is 1. The molecule has 0 spiro atoms. The van der Waals surface area contributed by atoms with Gasteiger partial charge >= 0.3 is 6.03 Å². The first kappa shape index (κ1) is 15.0. The monoisotopic (exact) mass is 261 g/mol. The third kappa shape index (κ3) is 5.40. The summed E-state index contributed by atoms with van der Waals surface area (Å²) < 4.78 is 0. The van der Waals surface area contributed by atoms with Crippen LogP contribution in [-0.4, -0.2) is 35.2 Å². The number of anilines is 1. The summed E-state index contributed by atoms with van der Waals surface area (Å²) in [6.45, 7) is 3.53. The van der Waals surface area contributed by atoms with Crippen LogP contribution >= 0.6 is 0 Å². The van der Waals surface area contributed by atoms with Gasteiger partial charge in [0.1, 0.15) is 0 Å². The highest BCUT2D eigenvalue weighted by atomic mass is 16.3. The maximum atomic E-state index is 11.9. The highest BCUT2D eigenvalue weighted by Gasteiger charge is 2.19. The Balaban J connectivity index is 2.59. The van der Waals surface area contributed by atoms with Gasteiger partial charge in [-0.05, 0) is 31.5 Å². The predicted octanol–water partition coefficient (Wildman–Crippen LogP) is 1.99. The van der Waals surface area contributed by atoms with Crippen molar-refractivity contribution in [1.29, 1.82) is 5.26 Å². The van der Waals surface area contributed by atoms with Crippen molar-refractivity contribution in [3.05, 3.63) is 29.8 Å². The Morgan fingerprint density at radius 2 is 2.00 bits per heavy atom. The van der Waals surface area contributed by atoms with Gasteiger partial charge in [-0.15, -0.1) is 0 Å². The average Bonchev–Trinajstić information content (AvgIpc) is 2.29. The largest absolute Gasteiger partial charge is 0.389 e. The number of hydrogen-bond acceptors (Lipinski definition) is 3. The Morgan fingerprint density at radius 1 is 1.42 bits per heavy atom. The Hall–Kier alpha value is -2.06. The highest BCUT2D eigenvalue weighted by molar-refractivity contribution is 5.89. The van der Waals surface area contributed by atoms with E-state index in [1.165, 1.54) is 4.90 Å². The number of hydrogen-bond donors (Lipinski definition) is 2. The van der Waals surface area contributed by atoms with Crippen LogP contribution in [0.4, 0.5) is 10.5 Å². The molecule has 5 nitrogen and oxygen atoms in total. The third-order valence-corrected chi connectivity index (χ3v) is 2.46. The summed E-state index contributed by atoms with van der Waals surface area (Å²) in [6, 6.07) is 8.89. The Morgan fingerprint density at radius 3 is 2.47 bits per heavy atom. The third-order valence-electron chi connectivity index (χ3n) is 2.46. The number of aliphatic hydroxyl groups is 1. The number of rotatable bonds is 4. The maximum absolute atomic E-state index is 11.9. The quantitative estimate of drug-likeness (QED) is 0.870. The lowest BCUT2D eigenvalue weighted by molar-refractivity contribution is 0.0550. The zero-order valence-electron chi connectivity index (χ0n) is 11.5. The second-order valence-corrected chi connectivity index (χ2v) is 5.13. The molecule has 1 rings (SSSR count). The molecule has 0 aliphatic heterocycles. The second-order valence-electron chi connectivity index (χ2n) is 5.13. The minimum atomic E-state index is -0.928. The smallest absolute Gasteiger partial charge is 0.321 e. The second kappa shape index (κ2) is 6.21. The molecule has 0 aliphatic rings. The van der Waals surface area contributed by atoms with Gasteiger partial charge in [-0.3, -0.25) is 0 Å². The van der Waals surface area contributed by atoms with E-state index in [0.29, 0.717) is 12.1 Å². The van der Waals surface area contributed by atoms with Crippen LogP contribution in [0.5, 0.6) is 0 Å². The van der Waals surface area contributed by atoms with Gasteiger partial charge in [0.15, 0.2) is 0 Å². The zero-order valence-corrected chi connectivity index (χ0v) is 11.5. The van der Waals surface area contributed by atoms with E-state index in [1.54, 1.807) is 45.2 Å². The molecule has 0 fully saturated rings. The normalized spacial score (nSPS) is 10.7. The van der Waals surface area contributed by atoms with Gasteiger partial charge < -0.3 is 15.3 Å². The van der Waals surface area contributed by atoms with Crippen LogP contribution in [0.15, 0.2) is 24.3 Å². The van der Waals surface area contributed by atoms with Crippen molar-refractivity contribution in [3.8, 4) is 6.07 Å². The van der Waals surface area contributed by atoms with E-state index in [2.05, 4.69) is 11.4 Å². The Bertz CT molecular complexity index is 469. The molecular weight excluding hydrogens is 242 g/mol. The number of nitriles is 1. The van der Waals surface area contributed by atoms with E-state index in [-0.39, 0.29) is 12.6 Å². The van der Waals surface area contributed by atoms with Crippen LogP contribution < -0.4 is 5.32 Å². The molecule has 0 aliphatic carbocycles. The van der Waals surface area contributed by atoms with E-state index in [0.717, 1.165) is 5.56 Å². The Labute approximate surface area is 113 Å². The molecule has 102 valence electrons.